The lowest BCUT2D eigenvalue weighted by Gasteiger charge is -2.23. The van der Waals surface area contributed by atoms with Crippen LogP contribution in [0.2, 0.25) is 0 Å². The molecule has 1 aliphatic heterocycles. The molecule has 0 saturated carbocycles. The van der Waals surface area contributed by atoms with Crippen LogP contribution >= 0.6 is 0 Å². The summed E-state index contributed by atoms with van der Waals surface area (Å²) in [6.07, 6.45) is 0.138. The van der Waals surface area contributed by atoms with E-state index >= 15 is 0 Å². The van der Waals surface area contributed by atoms with Crippen LogP contribution in [0.1, 0.15) is 16.8 Å². The van der Waals surface area contributed by atoms with Gasteiger partial charge in [0, 0.05) is 24.7 Å². The molecule has 0 aliphatic carbocycles. The summed E-state index contributed by atoms with van der Waals surface area (Å²) in [5.74, 6) is -0.335. The van der Waals surface area contributed by atoms with Gasteiger partial charge in [-0.3, -0.25) is 9.78 Å². The van der Waals surface area contributed by atoms with Gasteiger partial charge in [-0.25, -0.2) is 4.79 Å². The Hall–Kier alpha value is -2.67. The zero-order chi connectivity index (χ0) is 16.4. The molecule has 2 heterocycles. The average molecular weight is 315 g/mol. The molecule has 23 heavy (non-hydrogen) atoms. The van der Waals surface area contributed by atoms with Gasteiger partial charge in [-0.1, -0.05) is 18.2 Å². The number of benzene rings is 1. The van der Waals surface area contributed by atoms with E-state index in [4.69, 9.17) is 5.11 Å². The van der Waals surface area contributed by atoms with E-state index in [1.807, 2.05) is 12.1 Å². The molecule has 0 bridgehead atoms. The molecule has 1 fully saturated rings. The van der Waals surface area contributed by atoms with Crippen LogP contribution < -0.4 is 5.32 Å². The van der Waals surface area contributed by atoms with Crippen molar-refractivity contribution in [3.63, 3.8) is 0 Å². The first-order chi connectivity index (χ1) is 11.1. The van der Waals surface area contributed by atoms with Crippen molar-refractivity contribution >= 4 is 22.9 Å². The van der Waals surface area contributed by atoms with E-state index in [2.05, 4.69) is 10.3 Å². The number of nitrogens with one attached hydrogen (secondary N) is 1. The number of aromatic nitrogens is 1. The van der Waals surface area contributed by atoms with Gasteiger partial charge in [0.15, 0.2) is 0 Å². The van der Waals surface area contributed by atoms with Crippen molar-refractivity contribution in [1.29, 1.82) is 0 Å². The highest BCUT2D eigenvalue weighted by molar-refractivity contribution is 6.05. The second kappa shape index (κ2) is 6.21. The highest BCUT2D eigenvalue weighted by Crippen LogP contribution is 2.19. The SMILES string of the molecule is O=C(NCC1C(O)CCN1C(=O)O)c1cccc2cccnc12. The summed E-state index contributed by atoms with van der Waals surface area (Å²) in [6, 6.07) is 8.35. The number of hydrogen-bond donors (Lipinski definition) is 3. The summed E-state index contributed by atoms with van der Waals surface area (Å²) in [7, 11) is 0. The van der Waals surface area contributed by atoms with Crippen LogP contribution in [-0.2, 0) is 0 Å². The van der Waals surface area contributed by atoms with Crippen molar-refractivity contribution < 1.29 is 19.8 Å². The fraction of sp³-hybridized carbons (Fsp3) is 0.312. The number of pyridine rings is 1. The number of hydrogen-bond acceptors (Lipinski definition) is 4. The molecule has 2 unspecified atom stereocenters. The van der Waals surface area contributed by atoms with Crippen LogP contribution in [0.25, 0.3) is 10.9 Å². The van der Waals surface area contributed by atoms with Crippen molar-refractivity contribution in [2.24, 2.45) is 0 Å². The highest BCUT2D eigenvalue weighted by Gasteiger charge is 2.36. The first-order valence-corrected chi connectivity index (χ1v) is 7.37. The molecule has 1 aromatic carbocycles. The Labute approximate surface area is 132 Å². The number of carbonyl (C=O) groups is 2. The molecule has 2 atom stereocenters. The van der Waals surface area contributed by atoms with Crippen LogP contribution in [0, 0.1) is 0 Å². The topological polar surface area (TPSA) is 103 Å². The maximum atomic E-state index is 12.4. The number of carboxylic acid groups (broad SMARTS) is 1. The number of para-hydroxylation sites is 1. The predicted octanol–water partition coefficient (Wildman–Crippen LogP) is 1.08. The fourth-order valence-corrected chi connectivity index (χ4v) is 2.90. The van der Waals surface area contributed by atoms with E-state index in [0.717, 1.165) is 10.3 Å². The third-order valence-corrected chi connectivity index (χ3v) is 4.11. The zero-order valence-corrected chi connectivity index (χ0v) is 12.3. The summed E-state index contributed by atoms with van der Waals surface area (Å²) in [5.41, 5.74) is 1.02. The van der Waals surface area contributed by atoms with Crippen molar-refractivity contribution in [2.75, 3.05) is 13.1 Å². The minimum absolute atomic E-state index is 0.0650. The van der Waals surface area contributed by atoms with Crippen LogP contribution in [-0.4, -0.2) is 57.3 Å². The van der Waals surface area contributed by atoms with Crippen LogP contribution in [0.5, 0.6) is 0 Å². The Balaban J connectivity index is 1.75. The molecule has 3 N–H and O–H groups in total. The molecule has 1 aromatic heterocycles. The van der Waals surface area contributed by atoms with E-state index in [1.165, 1.54) is 0 Å². The second-order valence-corrected chi connectivity index (χ2v) is 5.49. The van der Waals surface area contributed by atoms with Gasteiger partial charge in [0.05, 0.1) is 23.2 Å². The van der Waals surface area contributed by atoms with Crippen molar-refractivity contribution in [3.8, 4) is 0 Å². The van der Waals surface area contributed by atoms with Gasteiger partial charge in [-0.2, -0.15) is 0 Å². The average Bonchev–Trinajstić information content (AvgIpc) is 2.93. The van der Waals surface area contributed by atoms with Gasteiger partial charge in [-0.05, 0) is 18.6 Å². The maximum absolute atomic E-state index is 12.4. The molecular weight excluding hydrogens is 298 g/mol. The third-order valence-electron chi connectivity index (χ3n) is 4.11. The van der Waals surface area contributed by atoms with Gasteiger partial charge >= 0.3 is 6.09 Å². The van der Waals surface area contributed by atoms with Crippen molar-refractivity contribution in [3.05, 3.63) is 42.1 Å². The van der Waals surface area contributed by atoms with E-state index in [9.17, 15) is 14.7 Å². The number of carbonyl (C=O) groups excluding carboxylic acids is 1. The molecule has 2 amide bonds. The van der Waals surface area contributed by atoms with Gasteiger partial charge in [0.2, 0.25) is 0 Å². The standard InChI is InChI=1S/C16H17N3O4/c20-13-6-8-19(16(22)23)12(13)9-18-15(21)11-5-1-3-10-4-2-7-17-14(10)11/h1-5,7,12-13,20H,6,8-9H2,(H,18,21)(H,22,23). The molecule has 0 radical (unpaired) electrons. The highest BCUT2D eigenvalue weighted by atomic mass is 16.4. The summed E-state index contributed by atoms with van der Waals surface area (Å²) < 4.78 is 0. The van der Waals surface area contributed by atoms with Gasteiger partial charge in [0.1, 0.15) is 0 Å². The van der Waals surface area contributed by atoms with E-state index in [-0.39, 0.29) is 19.0 Å². The van der Waals surface area contributed by atoms with Crippen molar-refractivity contribution in [1.82, 2.24) is 15.2 Å². The summed E-state index contributed by atoms with van der Waals surface area (Å²) in [6.45, 7) is 0.336. The number of likely N-dealkylation sites (tertiary alicyclic amines) is 1. The summed E-state index contributed by atoms with van der Waals surface area (Å²) >= 11 is 0. The van der Waals surface area contributed by atoms with Crippen LogP contribution in [0.3, 0.4) is 0 Å². The summed E-state index contributed by atoms with van der Waals surface area (Å²) in [5, 5.41) is 22.6. The second-order valence-electron chi connectivity index (χ2n) is 5.49. The lowest BCUT2D eigenvalue weighted by atomic mass is 10.1. The molecule has 0 spiro atoms. The Kier molecular flexibility index (Phi) is 4.12. The van der Waals surface area contributed by atoms with Crippen LogP contribution in [0.15, 0.2) is 36.5 Å². The third kappa shape index (κ3) is 2.95. The smallest absolute Gasteiger partial charge is 0.407 e. The lowest BCUT2D eigenvalue weighted by Crippen LogP contribution is -2.46. The maximum Gasteiger partial charge on any atom is 0.407 e. The van der Waals surface area contributed by atoms with E-state index in [1.54, 1.807) is 24.4 Å². The van der Waals surface area contributed by atoms with Gasteiger partial charge in [-0.15, -0.1) is 0 Å². The Morgan fingerprint density at radius 2 is 2.09 bits per heavy atom. The molecule has 2 aromatic rings. The lowest BCUT2D eigenvalue weighted by molar-refractivity contribution is 0.0857. The number of aliphatic hydroxyl groups excluding tert-OH is 1. The number of aliphatic hydroxyl groups is 1. The fourth-order valence-electron chi connectivity index (χ4n) is 2.90. The predicted molar refractivity (Wildman–Crippen MR) is 83.2 cm³/mol. The minimum Gasteiger partial charge on any atom is -0.465 e. The number of amides is 2. The zero-order valence-electron chi connectivity index (χ0n) is 12.3. The number of nitrogens with zero attached hydrogens (tertiary/aromatic N) is 2. The number of fused-ring (bicyclic) bond motifs is 1. The largest absolute Gasteiger partial charge is 0.465 e. The molecule has 7 nitrogen and oxygen atoms in total. The van der Waals surface area contributed by atoms with Crippen LogP contribution in [0.4, 0.5) is 4.79 Å². The Morgan fingerprint density at radius 3 is 2.87 bits per heavy atom. The van der Waals surface area contributed by atoms with E-state index in [0.29, 0.717) is 17.5 Å². The summed E-state index contributed by atoms with van der Waals surface area (Å²) in [4.78, 5) is 28.9. The molecule has 1 saturated heterocycles. The minimum atomic E-state index is -1.09. The molecular formula is C16H17N3O4. The quantitative estimate of drug-likeness (QED) is 0.786. The number of rotatable bonds is 3. The Morgan fingerprint density at radius 1 is 1.30 bits per heavy atom. The Bertz CT molecular complexity index is 744. The van der Waals surface area contributed by atoms with Crippen molar-refractivity contribution in [2.45, 2.75) is 18.6 Å². The molecule has 7 heteroatoms. The molecule has 1 aliphatic rings. The van der Waals surface area contributed by atoms with E-state index < -0.39 is 18.2 Å². The molecule has 120 valence electrons. The van der Waals surface area contributed by atoms with Gasteiger partial charge in [0.25, 0.3) is 5.91 Å². The molecule has 3 rings (SSSR count). The monoisotopic (exact) mass is 315 g/mol. The normalized spacial score (nSPS) is 20.7. The first kappa shape index (κ1) is 15.2. The first-order valence-electron chi connectivity index (χ1n) is 7.37. The van der Waals surface area contributed by atoms with Gasteiger partial charge < -0.3 is 20.4 Å².